The number of methoxy groups -OCH3 is 2. The third-order valence-electron chi connectivity index (χ3n) is 2.66. The van der Waals surface area contributed by atoms with Gasteiger partial charge in [-0.2, -0.15) is 0 Å². The molecule has 0 heterocycles. The molecule has 0 spiro atoms. The van der Waals surface area contributed by atoms with Gasteiger partial charge in [0.05, 0.1) is 20.3 Å². The summed E-state index contributed by atoms with van der Waals surface area (Å²) in [4.78, 5) is 2.13. The quantitative estimate of drug-likeness (QED) is 0.795. The Kier molecular flexibility index (Phi) is 7.27. The Morgan fingerprint density at radius 2 is 2.06 bits per heavy atom. The van der Waals surface area contributed by atoms with E-state index < -0.39 is 0 Å². The molecule has 0 saturated carbocycles. The van der Waals surface area contributed by atoms with Crippen molar-refractivity contribution in [2.45, 2.75) is 6.54 Å². The fourth-order valence-electron chi connectivity index (χ4n) is 1.74. The molecule has 0 amide bonds. The van der Waals surface area contributed by atoms with Crippen LogP contribution in [0.4, 0.5) is 0 Å². The molecule has 0 saturated heterocycles. The highest BCUT2D eigenvalue weighted by atomic mass is 79.9. The summed E-state index contributed by atoms with van der Waals surface area (Å²) >= 11 is 3.46. The predicted octanol–water partition coefficient (Wildman–Crippen LogP) is 1.90. The number of aliphatic hydroxyl groups excluding tert-OH is 1. The molecule has 0 radical (unpaired) electrons. The summed E-state index contributed by atoms with van der Waals surface area (Å²) in [5, 5.41) is 9.07. The van der Waals surface area contributed by atoms with Crippen molar-refractivity contribution >= 4 is 15.9 Å². The molecular weight excluding hydrogens is 298 g/mol. The number of hydrogen-bond acceptors (Lipinski definition) is 4. The number of hydrogen-bond donors (Lipinski definition) is 1. The SMILES string of the molecule is COCCN(CCO)Cc1cc(Br)ccc1OC. The Morgan fingerprint density at radius 1 is 1.28 bits per heavy atom. The summed E-state index contributed by atoms with van der Waals surface area (Å²) in [7, 11) is 3.34. The van der Waals surface area contributed by atoms with Gasteiger partial charge in [0, 0.05) is 36.8 Å². The summed E-state index contributed by atoms with van der Waals surface area (Å²) in [6.45, 7) is 2.93. The van der Waals surface area contributed by atoms with Gasteiger partial charge in [0.1, 0.15) is 5.75 Å². The summed E-state index contributed by atoms with van der Waals surface area (Å²) in [5.74, 6) is 0.860. The van der Waals surface area contributed by atoms with Crippen LogP contribution in [0.15, 0.2) is 22.7 Å². The van der Waals surface area contributed by atoms with Gasteiger partial charge in [0.15, 0.2) is 0 Å². The monoisotopic (exact) mass is 317 g/mol. The van der Waals surface area contributed by atoms with Gasteiger partial charge in [-0.15, -0.1) is 0 Å². The van der Waals surface area contributed by atoms with Crippen molar-refractivity contribution in [1.29, 1.82) is 0 Å². The number of nitrogens with zero attached hydrogens (tertiary/aromatic N) is 1. The second-order valence-electron chi connectivity index (χ2n) is 3.95. The highest BCUT2D eigenvalue weighted by Gasteiger charge is 2.10. The molecule has 0 unspecified atom stereocenters. The summed E-state index contributed by atoms with van der Waals surface area (Å²) in [5.41, 5.74) is 1.09. The fraction of sp³-hybridized carbons (Fsp3) is 0.538. The Hall–Kier alpha value is -0.620. The molecule has 1 N–H and O–H groups in total. The Balaban J connectivity index is 2.74. The van der Waals surface area contributed by atoms with Crippen LogP contribution in [0.25, 0.3) is 0 Å². The van der Waals surface area contributed by atoms with Gasteiger partial charge in [-0.3, -0.25) is 4.90 Å². The van der Waals surface area contributed by atoms with Gasteiger partial charge in [-0.05, 0) is 18.2 Å². The van der Waals surface area contributed by atoms with Crippen molar-refractivity contribution < 1.29 is 14.6 Å². The standard InChI is InChI=1S/C13H20BrNO3/c1-17-8-6-15(5-7-16)10-11-9-12(14)3-4-13(11)18-2/h3-4,9,16H,5-8,10H2,1-2H3. The minimum Gasteiger partial charge on any atom is -0.496 e. The summed E-state index contributed by atoms with van der Waals surface area (Å²) in [6.07, 6.45) is 0. The van der Waals surface area contributed by atoms with Crippen molar-refractivity contribution in [2.24, 2.45) is 0 Å². The second-order valence-corrected chi connectivity index (χ2v) is 4.86. The molecule has 5 heteroatoms. The molecule has 0 aliphatic heterocycles. The minimum atomic E-state index is 0.139. The van der Waals surface area contributed by atoms with Gasteiger partial charge in [-0.1, -0.05) is 15.9 Å². The molecule has 1 rings (SSSR count). The van der Waals surface area contributed by atoms with E-state index in [4.69, 9.17) is 14.6 Å². The van der Waals surface area contributed by atoms with Crippen molar-refractivity contribution in [1.82, 2.24) is 4.90 Å². The van der Waals surface area contributed by atoms with Gasteiger partial charge in [0.25, 0.3) is 0 Å². The van der Waals surface area contributed by atoms with E-state index in [-0.39, 0.29) is 6.61 Å². The highest BCUT2D eigenvalue weighted by Crippen LogP contribution is 2.24. The normalized spacial score (nSPS) is 10.9. The Bertz CT molecular complexity index is 360. The van der Waals surface area contributed by atoms with E-state index in [1.165, 1.54) is 0 Å². The third kappa shape index (κ3) is 4.94. The molecule has 0 atom stereocenters. The van der Waals surface area contributed by atoms with Crippen LogP contribution in [0, 0.1) is 0 Å². The van der Waals surface area contributed by atoms with Crippen LogP contribution in [0.5, 0.6) is 5.75 Å². The number of aliphatic hydroxyl groups is 1. The Labute approximate surface area is 117 Å². The van der Waals surface area contributed by atoms with E-state index in [1.54, 1.807) is 14.2 Å². The zero-order valence-electron chi connectivity index (χ0n) is 10.9. The second kappa shape index (κ2) is 8.48. The lowest BCUT2D eigenvalue weighted by molar-refractivity contribution is 0.126. The van der Waals surface area contributed by atoms with Crippen LogP contribution in [-0.4, -0.2) is 50.5 Å². The number of halogens is 1. The number of benzene rings is 1. The average Bonchev–Trinajstić information content (AvgIpc) is 2.36. The van der Waals surface area contributed by atoms with Gasteiger partial charge < -0.3 is 14.6 Å². The molecule has 0 aliphatic carbocycles. The van der Waals surface area contributed by atoms with Gasteiger partial charge >= 0.3 is 0 Å². The van der Waals surface area contributed by atoms with E-state index in [0.717, 1.165) is 28.9 Å². The van der Waals surface area contributed by atoms with E-state index in [0.29, 0.717) is 13.2 Å². The van der Waals surface area contributed by atoms with Crippen molar-refractivity contribution in [3.05, 3.63) is 28.2 Å². The predicted molar refractivity (Wildman–Crippen MR) is 74.9 cm³/mol. The fourth-order valence-corrected chi connectivity index (χ4v) is 2.15. The number of ether oxygens (including phenoxy) is 2. The first-order chi connectivity index (χ1) is 8.71. The molecular formula is C13H20BrNO3. The van der Waals surface area contributed by atoms with Gasteiger partial charge in [-0.25, -0.2) is 0 Å². The van der Waals surface area contributed by atoms with Crippen molar-refractivity contribution in [3.8, 4) is 5.75 Å². The largest absolute Gasteiger partial charge is 0.496 e. The molecule has 0 aliphatic rings. The molecule has 1 aromatic rings. The minimum absolute atomic E-state index is 0.139. The first kappa shape index (κ1) is 15.4. The maximum atomic E-state index is 9.07. The molecule has 18 heavy (non-hydrogen) atoms. The summed E-state index contributed by atoms with van der Waals surface area (Å²) < 4.78 is 11.4. The topological polar surface area (TPSA) is 41.9 Å². The van der Waals surface area contributed by atoms with Crippen molar-refractivity contribution in [2.75, 3.05) is 40.5 Å². The molecule has 0 aromatic heterocycles. The maximum absolute atomic E-state index is 9.07. The molecule has 0 fully saturated rings. The summed E-state index contributed by atoms with van der Waals surface area (Å²) in [6, 6.07) is 5.93. The first-order valence-corrected chi connectivity index (χ1v) is 6.65. The van der Waals surface area contributed by atoms with Gasteiger partial charge in [0.2, 0.25) is 0 Å². The molecule has 102 valence electrons. The zero-order chi connectivity index (χ0) is 13.4. The lowest BCUT2D eigenvalue weighted by Crippen LogP contribution is -2.30. The van der Waals surface area contributed by atoms with Crippen LogP contribution < -0.4 is 4.74 Å². The lowest BCUT2D eigenvalue weighted by Gasteiger charge is -2.22. The number of rotatable bonds is 8. The average molecular weight is 318 g/mol. The van der Waals surface area contributed by atoms with E-state index in [1.807, 2.05) is 18.2 Å². The van der Waals surface area contributed by atoms with Crippen LogP contribution in [0.1, 0.15) is 5.56 Å². The van der Waals surface area contributed by atoms with E-state index >= 15 is 0 Å². The molecule has 1 aromatic carbocycles. The Morgan fingerprint density at radius 3 is 2.67 bits per heavy atom. The maximum Gasteiger partial charge on any atom is 0.123 e. The molecule has 4 nitrogen and oxygen atoms in total. The van der Waals surface area contributed by atoms with E-state index in [2.05, 4.69) is 20.8 Å². The third-order valence-corrected chi connectivity index (χ3v) is 3.16. The van der Waals surface area contributed by atoms with Crippen LogP contribution in [0.2, 0.25) is 0 Å². The van der Waals surface area contributed by atoms with Crippen LogP contribution in [-0.2, 0) is 11.3 Å². The smallest absolute Gasteiger partial charge is 0.123 e. The van der Waals surface area contributed by atoms with Crippen LogP contribution in [0.3, 0.4) is 0 Å². The lowest BCUT2D eigenvalue weighted by atomic mass is 10.2. The molecule has 0 bridgehead atoms. The first-order valence-electron chi connectivity index (χ1n) is 5.85. The highest BCUT2D eigenvalue weighted by molar-refractivity contribution is 9.10. The van der Waals surface area contributed by atoms with Crippen LogP contribution >= 0.6 is 15.9 Å². The van der Waals surface area contributed by atoms with Crippen molar-refractivity contribution in [3.63, 3.8) is 0 Å². The van der Waals surface area contributed by atoms with E-state index in [9.17, 15) is 0 Å². The zero-order valence-corrected chi connectivity index (χ0v) is 12.4.